The van der Waals surface area contributed by atoms with E-state index in [9.17, 15) is 4.39 Å². The first-order valence-corrected chi connectivity index (χ1v) is 4.68. The van der Waals surface area contributed by atoms with Gasteiger partial charge in [0.2, 0.25) is 0 Å². The first-order valence-electron chi connectivity index (χ1n) is 3.50. The van der Waals surface area contributed by atoms with Crippen LogP contribution >= 0.6 is 27.5 Å². The molecule has 1 rings (SSSR count). The number of rotatable bonds is 3. The Morgan fingerprint density at radius 1 is 1.62 bits per heavy atom. The van der Waals surface area contributed by atoms with Crippen LogP contribution in [0, 0.1) is 5.82 Å². The summed E-state index contributed by atoms with van der Waals surface area (Å²) in [6.07, 6.45) is 0. The van der Waals surface area contributed by atoms with Gasteiger partial charge in [-0.3, -0.25) is 0 Å². The van der Waals surface area contributed by atoms with Crippen LogP contribution in [-0.4, -0.2) is 6.61 Å². The summed E-state index contributed by atoms with van der Waals surface area (Å²) in [5.41, 5.74) is 0. The lowest BCUT2D eigenvalue weighted by Gasteiger charge is -2.06. The fraction of sp³-hybridized carbons (Fsp3) is 0.111. The molecule has 0 spiro atoms. The number of hydrogen-bond donors (Lipinski definition) is 0. The van der Waals surface area contributed by atoms with Gasteiger partial charge in [0, 0.05) is 5.03 Å². The Labute approximate surface area is 89.3 Å². The summed E-state index contributed by atoms with van der Waals surface area (Å²) in [7, 11) is 0. The molecule has 0 saturated heterocycles. The molecule has 70 valence electrons. The number of halogens is 3. The molecule has 0 fully saturated rings. The molecule has 0 heterocycles. The van der Waals surface area contributed by atoms with Crippen LogP contribution in [0.4, 0.5) is 4.39 Å². The Hall–Kier alpha value is -0.540. The van der Waals surface area contributed by atoms with Crippen molar-refractivity contribution in [3.8, 4) is 5.75 Å². The van der Waals surface area contributed by atoms with Crippen molar-refractivity contribution in [3.63, 3.8) is 0 Å². The Kier molecular flexibility index (Phi) is 3.75. The van der Waals surface area contributed by atoms with E-state index in [1.54, 1.807) is 0 Å². The molecule has 1 aromatic rings. The van der Waals surface area contributed by atoms with Crippen molar-refractivity contribution in [1.82, 2.24) is 0 Å². The van der Waals surface area contributed by atoms with E-state index in [1.807, 2.05) is 0 Å². The third kappa shape index (κ3) is 3.36. The minimum Gasteiger partial charge on any atom is -0.487 e. The molecule has 1 aromatic carbocycles. The molecular weight excluding hydrogens is 258 g/mol. The van der Waals surface area contributed by atoms with Gasteiger partial charge in [-0.15, -0.1) is 0 Å². The molecule has 4 heteroatoms. The molecular formula is C9H7BrClFO. The molecule has 0 amide bonds. The standard InChI is InChI=1S/C9H7BrClFO/c1-6(11)5-13-9-3-2-7(12)4-8(9)10/h2-4H,1,5H2. The summed E-state index contributed by atoms with van der Waals surface area (Å²) >= 11 is 8.66. The van der Waals surface area contributed by atoms with Crippen LogP contribution in [0.15, 0.2) is 34.3 Å². The van der Waals surface area contributed by atoms with Gasteiger partial charge in [0.15, 0.2) is 0 Å². The van der Waals surface area contributed by atoms with Gasteiger partial charge in [-0.25, -0.2) is 4.39 Å². The zero-order valence-electron chi connectivity index (χ0n) is 6.69. The summed E-state index contributed by atoms with van der Waals surface area (Å²) in [5.74, 6) is 0.229. The van der Waals surface area contributed by atoms with Gasteiger partial charge in [-0.1, -0.05) is 18.2 Å². The maximum Gasteiger partial charge on any atom is 0.134 e. The second-order valence-electron chi connectivity index (χ2n) is 2.38. The molecule has 0 aromatic heterocycles. The van der Waals surface area contributed by atoms with Crippen LogP contribution < -0.4 is 4.74 Å². The lowest BCUT2D eigenvalue weighted by molar-refractivity contribution is 0.356. The number of benzene rings is 1. The van der Waals surface area contributed by atoms with Crippen molar-refractivity contribution in [3.05, 3.63) is 40.1 Å². The third-order valence-electron chi connectivity index (χ3n) is 1.28. The van der Waals surface area contributed by atoms with E-state index in [-0.39, 0.29) is 12.4 Å². The monoisotopic (exact) mass is 264 g/mol. The van der Waals surface area contributed by atoms with Crippen molar-refractivity contribution in [2.75, 3.05) is 6.61 Å². The van der Waals surface area contributed by atoms with E-state index < -0.39 is 0 Å². The Morgan fingerprint density at radius 3 is 2.85 bits per heavy atom. The molecule has 0 unspecified atom stereocenters. The van der Waals surface area contributed by atoms with E-state index in [2.05, 4.69) is 22.5 Å². The van der Waals surface area contributed by atoms with E-state index >= 15 is 0 Å². The van der Waals surface area contributed by atoms with Crippen molar-refractivity contribution in [2.24, 2.45) is 0 Å². The Morgan fingerprint density at radius 2 is 2.31 bits per heavy atom. The maximum absolute atomic E-state index is 12.6. The molecule has 0 bridgehead atoms. The average Bonchev–Trinajstić information content (AvgIpc) is 2.02. The average molecular weight is 266 g/mol. The van der Waals surface area contributed by atoms with Crippen molar-refractivity contribution in [1.29, 1.82) is 0 Å². The first-order chi connectivity index (χ1) is 6.09. The minimum absolute atomic E-state index is 0.214. The number of ether oxygens (including phenoxy) is 1. The van der Waals surface area contributed by atoms with Gasteiger partial charge < -0.3 is 4.74 Å². The SMILES string of the molecule is C=C(Cl)COc1ccc(F)cc1Br. The fourth-order valence-electron chi connectivity index (χ4n) is 0.748. The highest BCUT2D eigenvalue weighted by atomic mass is 79.9. The number of hydrogen-bond acceptors (Lipinski definition) is 1. The summed E-state index contributed by atoms with van der Waals surface area (Å²) in [5, 5.41) is 0.399. The van der Waals surface area contributed by atoms with Crippen LogP contribution in [0.5, 0.6) is 5.75 Å². The molecule has 0 N–H and O–H groups in total. The molecule has 0 aliphatic rings. The molecule has 0 radical (unpaired) electrons. The predicted molar refractivity (Wildman–Crippen MR) is 54.6 cm³/mol. The molecule has 0 atom stereocenters. The zero-order valence-corrected chi connectivity index (χ0v) is 9.03. The summed E-state index contributed by atoms with van der Waals surface area (Å²) < 4.78 is 18.4. The molecule has 0 aliphatic carbocycles. The molecule has 0 saturated carbocycles. The fourth-order valence-corrected chi connectivity index (χ4v) is 1.27. The Balaban J connectivity index is 2.72. The Bertz CT molecular complexity index is 327. The minimum atomic E-state index is -0.316. The summed E-state index contributed by atoms with van der Waals surface area (Å²) in [6.45, 7) is 3.68. The smallest absolute Gasteiger partial charge is 0.134 e. The van der Waals surface area contributed by atoms with Crippen LogP contribution in [0.25, 0.3) is 0 Å². The molecule has 13 heavy (non-hydrogen) atoms. The molecule has 1 nitrogen and oxygen atoms in total. The highest BCUT2D eigenvalue weighted by molar-refractivity contribution is 9.10. The summed E-state index contributed by atoms with van der Waals surface area (Å²) in [6, 6.07) is 4.17. The van der Waals surface area contributed by atoms with Crippen molar-refractivity contribution < 1.29 is 9.13 Å². The quantitative estimate of drug-likeness (QED) is 0.809. The van der Waals surface area contributed by atoms with Crippen molar-refractivity contribution in [2.45, 2.75) is 0 Å². The normalized spacial score (nSPS) is 9.77. The van der Waals surface area contributed by atoms with E-state index in [0.29, 0.717) is 15.3 Å². The van der Waals surface area contributed by atoms with Crippen LogP contribution in [0.2, 0.25) is 0 Å². The van der Waals surface area contributed by atoms with Gasteiger partial charge in [-0.2, -0.15) is 0 Å². The molecule has 0 aliphatic heterocycles. The summed E-state index contributed by atoms with van der Waals surface area (Å²) in [4.78, 5) is 0. The van der Waals surface area contributed by atoms with E-state index in [1.165, 1.54) is 18.2 Å². The predicted octanol–water partition coefficient (Wildman–Crippen LogP) is 3.72. The third-order valence-corrected chi connectivity index (χ3v) is 2.01. The lowest BCUT2D eigenvalue weighted by atomic mass is 10.3. The topological polar surface area (TPSA) is 9.23 Å². The van der Waals surface area contributed by atoms with Gasteiger partial charge in [0.05, 0.1) is 4.47 Å². The lowest BCUT2D eigenvalue weighted by Crippen LogP contribution is -1.96. The highest BCUT2D eigenvalue weighted by Gasteiger charge is 2.02. The van der Waals surface area contributed by atoms with Crippen LogP contribution in [0.3, 0.4) is 0 Å². The van der Waals surface area contributed by atoms with E-state index in [4.69, 9.17) is 16.3 Å². The maximum atomic E-state index is 12.6. The highest BCUT2D eigenvalue weighted by Crippen LogP contribution is 2.25. The zero-order chi connectivity index (χ0) is 9.84. The second-order valence-corrected chi connectivity index (χ2v) is 3.77. The van der Waals surface area contributed by atoms with Gasteiger partial charge >= 0.3 is 0 Å². The van der Waals surface area contributed by atoms with Gasteiger partial charge in [0.25, 0.3) is 0 Å². The second kappa shape index (κ2) is 4.63. The van der Waals surface area contributed by atoms with Crippen LogP contribution in [-0.2, 0) is 0 Å². The van der Waals surface area contributed by atoms with Crippen molar-refractivity contribution >= 4 is 27.5 Å². The van der Waals surface area contributed by atoms with Crippen LogP contribution in [0.1, 0.15) is 0 Å². The largest absolute Gasteiger partial charge is 0.487 e. The van der Waals surface area contributed by atoms with E-state index in [0.717, 1.165) is 0 Å². The van der Waals surface area contributed by atoms with Gasteiger partial charge in [0.1, 0.15) is 18.2 Å². The van der Waals surface area contributed by atoms with Gasteiger partial charge in [-0.05, 0) is 34.1 Å². The first kappa shape index (κ1) is 10.5.